The van der Waals surface area contributed by atoms with Crippen LogP contribution in [0.1, 0.15) is 29.6 Å². The first kappa shape index (κ1) is 20.5. The van der Waals surface area contributed by atoms with Crippen LogP contribution in [-0.2, 0) is 4.79 Å². The topological polar surface area (TPSA) is 61.9 Å². The van der Waals surface area contributed by atoms with E-state index in [1.807, 2.05) is 21.9 Å². The Hall–Kier alpha value is -1.79. The van der Waals surface area contributed by atoms with Gasteiger partial charge in [0, 0.05) is 38.2 Å². The number of hydrogen-bond acceptors (Lipinski definition) is 4. The predicted molar refractivity (Wildman–Crippen MR) is 103 cm³/mol. The van der Waals surface area contributed by atoms with Gasteiger partial charge in [0.25, 0.3) is 5.91 Å². The summed E-state index contributed by atoms with van der Waals surface area (Å²) in [4.78, 5) is 28.7. The summed E-state index contributed by atoms with van der Waals surface area (Å²) in [6.45, 7) is 4.54. The Morgan fingerprint density at radius 1 is 1.19 bits per heavy atom. The lowest BCUT2D eigenvalue weighted by atomic mass is 10.0. The van der Waals surface area contributed by atoms with Crippen molar-refractivity contribution in [2.45, 2.75) is 19.3 Å². The molecule has 1 atom stereocenters. The fraction of sp³-hybridized carbons (Fsp3) is 0.579. The highest BCUT2D eigenvalue weighted by molar-refractivity contribution is 5.94. The molecule has 2 aliphatic rings. The molecular formula is C19H28ClN3O3. The van der Waals surface area contributed by atoms with E-state index in [1.165, 1.54) is 6.42 Å². The van der Waals surface area contributed by atoms with Crippen molar-refractivity contribution in [1.82, 2.24) is 15.1 Å². The van der Waals surface area contributed by atoms with Crippen LogP contribution in [0.5, 0.6) is 5.75 Å². The number of benzene rings is 1. The standard InChI is InChI=1S/C19H27N3O3.ClH/c1-25-17-4-2-3-16(13-17)19(24)22-11-9-21(10-12-22)18(23)6-5-15-7-8-20-14-15;/h2-4,13,15,20H,5-12,14H2,1H3;1H. The quantitative estimate of drug-likeness (QED) is 0.844. The average Bonchev–Trinajstić information content (AvgIpc) is 3.19. The maximum atomic E-state index is 12.6. The predicted octanol–water partition coefficient (Wildman–Crippen LogP) is 1.79. The molecule has 6 nitrogen and oxygen atoms in total. The van der Waals surface area contributed by atoms with E-state index in [2.05, 4.69) is 5.32 Å². The Balaban J connectivity index is 0.00000243. The van der Waals surface area contributed by atoms with Crippen molar-refractivity contribution in [1.29, 1.82) is 0 Å². The van der Waals surface area contributed by atoms with Gasteiger partial charge in [-0.05, 0) is 50.0 Å². The molecule has 1 unspecified atom stereocenters. The molecule has 144 valence electrons. The maximum Gasteiger partial charge on any atom is 0.254 e. The van der Waals surface area contributed by atoms with Crippen LogP contribution >= 0.6 is 12.4 Å². The van der Waals surface area contributed by atoms with Crippen LogP contribution < -0.4 is 10.1 Å². The van der Waals surface area contributed by atoms with Crippen LogP contribution in [0.25, 0.3) is 0 Å². The molecule has 0 spiro atoms. The minimum Gasteiger partial charge on any atom is -0.497 e. The van der Waals surface area contributed by atoms with Crippen LogP contribution in [0, 0.1) is 5.92 Å². The van der Waals surface area contributed by atoms with Crippen LogP contribution in [0.3, 0.4) is 0 Å². The molecule has 1 N–H and O–H groups in total. The minimum atomic E-state index is 0. The van der Waals surface area contributed by atoms with E-state index in [9.17, 15) is 9.59 Å². The highest BCUT2D eigenvalue weighted by atomic mass is 35.5. The normalized spacial score (nSPS) is 19.8. The van der Waals surface area contributed by atoms with Crippen LogP contribution in [-0.4, -0.2) is 68.0 Å². The van der Waals surface area contributed by atoms with Gasteiger partial charge in [-0.2, -0.15) is 0 Å². The zero-order valence-corrected chi connectivity index (χ0v) is 16.1. The first-order valence-electron chi connectivity index (χ1n) is 9.09. The van der Waals surface area contributed by atoms with Crippen molar-refractivity contribution < 1.29 is 14.3 Å². The van der Waals surface area contributed by atoms with Crippen molar-refractivity contribution in [3.05, 3.63) is 29.8 Å². The molecule has 2 fully saturated rings. The summed E-state index contributed by atoms with van der Waals surface area (Å²) >= 11 is 0. The molecule has 2 heterocycles. The summed E-state index contributed by atoms with van der Waals surface area (Å²) in [6, 6.07) is 7.21. The third-order valence-corrected chi connectivity index (χ3v) is 5.17. The number of amides is 2. The highest BCUT2D eigenvalue weighted by Crippen LogP contribution is 2.18. The lowest BCUT2D eigenvalue weighted by Gasteiger charge is -2.35. The molecule has 26 heavy (non-hydrogen) atoms. The molecule has 1 aromatic carbocycles. The van der Waals surface area contributed by atoms with E-state index < -0.39 is 0 Å². The van der Waals surface area contributed by atoms with Crippen molar-refractivity contribution in [2.75, 3.05) is 46.4 Å². The molecule has 2 saturated heterocycles. The molecule has 2 amide bonds. The summed E-state index contributed by atoms with van der Waals surface area (Å²) in [6.07, 6.45) is 2.76. The van der Waals surface area contributed by atoms with Gasteiger partial charge in [0.15, 0.2) is 0 Å². The summed E-state index contributed by atoms with van der Waals surface area (Å²) in [5, 5.41) is 3.34. The van der Waals surface area contributed by atoms with Crippen LogP contribution in [0.2, 0.25) is 0 Å². The van der Waals surface area contributed by atoms with Crippen molar-refractivity contribution in [3.8, 4) is 5.75 Å². The number of rotatable bonds is 5. The number of nitrogens with zero attached hydrogens (tertiary/aromatic N) is 2. The van der Waals surface area contributed by atoms with E-state index in [0.29, 0.717) is 49.8 Å². The minimum absolute atomic E-state index is 0. The second-order valence-corrected chi connectivity index (χ2v) is 6.80. The number of piperazine rings is 1. The molecule has 7 heteroatoms. The van der Waals surface area contributed by atoms with Gasteiger partial charge in [-0.25, -0.2) is 0 Å². The van der Waals surface area contributed by atoms with Crippen molar-refractivity contribution >= 4 is 24.2 Å². The fourth-order valence-corrected chi connectivity index (χ4v) is 3.54. The van der Waals surface area contributed by atoms with E-state index in [4.69, 9.17) is 4.74 Å². The number of halogens is 1. The van der Waals surface area contributed by atoms with E-state index in [1.54, 1.807) is 19.2 Å². The van der Waals surface area contributed by atoms with E-state index in [-0.39, 0.29) is 24.2 Å². The molecular weight excluding hydrogens is 354 g/mol. The lowest BCUT2D eigenvalue weighted by molar-refractivity contribution is -0.132. The fourth-order valence-electron chi connectivity index (χ4n) is 3.54. The molecule has 0 aliphatic carbocycles. The van der Waals surface area contributed by atoms with Gasteiger partial charge in [0.1, 0.15) is 5.75 Å². The van der Waals surface area contributed by atoms with E-state index in [0.717, 1.165) is 19.5 Å². The Morgan fingerprint density at radius 2 is 1.92 bits per heavy atom. The SMILES string of the molecule is COc1cccc(C(=O)N2CCN(C(=O)CCC3CCNC3)CC2)c1.Cl. The Kier molecular flexibility index (Phi) is 7.72. The average molecular weight is 382 g/mol. The smallest absolute Gasteiger partial charge is 0.254 e. The molecule has 2 aliphatic heterocycles. The largest absolute Gasteiger partial charge is 0.497 e. The van der Waals surface area contributed by atoms with Gasteiger partial charge in [-0.3, -0.25) is 9.59 Å². The summed E-state index contributed by atoms with van der Waals surface area (Å²) in [7, 11) is 1.59. The summed E-state index contributed by atoms with van der Waals surface area (Å²) < 4.78 is 5.18. The van der Waals surface area contributed by atoms with Crippen LogP contribution in [0.4, 0.5) is 0 Å². The zero-order chi connectivity index (χ0) is 17.6. The zero-order valence-electron chi connectivity index (χ0n) is 15.3. The first-order valence-corrected chi connectivity index (χ1v) is 9.09. The van der Waals surface area contributed by atoms with Gasteiger partial charge in [0.2, 0.25) is 5.91 Å². The summed E-state index contributed by atoms with van der Waals surface area (Å²) in [5.74, 6) is 1.55. The number of nitrogens with one attached hydrogen (secondary N) is 1. The molecule has 0 aromatic heterocycles. The highest BCUT2D eigenvalue weighted by Gasteiger charge is 2.25. The summed E-state index contributed by atoms with van der Waals surface area (Å²) in [5.41, 5.74) is 0.632. The van der Waals surface area contributed by atoms with Crippen molar-refractivity contribution in [3.63, 3.8) is 0 Å². The van der Waals surface area contributed by atoms with Gasteiger partial charge in [-0.1, -0.05) is 6.07 Å². The van der Waals surface area contributed by atoms with E-state index >= 15 is 0 Å². The molecule has 3 rings (SSSR count). The van der Waals surface area contributed by atoms with Gasteiger partial charge in [0.05, 0.1) is 7.11 Å². The van der Waals surface area contributed by atoms with Gasteiger partial charge in [-0.15, -0.1) is 12.4 Å². The Labute approximate surface area is 161 Å². The Morgan fingerprint density at radius 3 is 2.58 bits per heavy atom. The van der Waals surface area contributed by atoms with Gasteiger partial charge < -0.3 is 19.9 Å². The number of methoxy groups -OCH3 is 1. The lowest BCUT2D eigenvalue weighted by Crippen LogP contribution is -2.50. The van der Waals surface area contributed by atoms with Gasteiger partial charge >= 0.3 is 0 Å². The maximum absolute atomic E-state index is 12.6. The number of hydrogen-bond donors (Lipinski definition) is 1. The second-order valence-electron chi connectivity index (χ2n) is 6.80. The number of ether oxygens (including phenoxy) is 1. The third kappa shape index (κ3) is 5.11. The number of carbonyl (C=O) groups excluding carboxylic acids is 2. The Bertz CT molecular complexity index is 612. The molecule has 0 bridgehead atoms. The molecule has 0 saturated carbocycles. The van der Waals surface area contributed by atoms with Crippen LogP contribution in [0.15, 0.2) is 24.3 Å². The monoisotopic (exact) mass is 381 g/mol. The first-order chi connectivity index (χ1) is 12.2. The van der Waals surface area contributed by atoms with Crippen molar-refractivity contribution in [2.24, 2.45) is 5.92 Å². The second kappa shape index (κ2) is 9.78. The molecule has 1 aromatic rings. The molecule has 0 radical (unpaired) electrons. The number of carbonyl (C=O) groups is 2. The third-order valence-electron chi connectivity index (χ3n) is 5.17.